The third kappa shape index (κ3) is 9.33. The van der Waals surface area contributed by atoms with Gasteiger partial charge in [-0.2, -0.15) is 0 Å². The molecule has 0 spiro atoms. The number of carbonyl (C=O) groups is 2. The Balaban J connectivity index is 1.54. The molecule has 0 radical (unpaired) electrons. The summed E-state index contributed by atoms with van der Waals surface area (Å²) >= 11 is 0. The number of hydrogen-bond donors (Lipinski definition) is 1. The largest absolute Gasteiger partial charge is 0.457 e. The van der Waals surface area contributed by atoms with Crippen molar-refractivity contribution in [1.29, 1.82) is 0 Å². The van der Waals surface area contributed by atoms with Gasteiger partial charge in [-0.05, 0) is 78.2 Å². The van der Waals surface area contributed by atoms with Gasteiger partial charge in [-0.3, -0.25) is 13.9 Å². The number of nitrogens with one attached hydrogen (secondary N) is 1. The number of amides is 2. The number of anilines is 1. The van der Waals surface area contributed by atoms with Crippen molar-refractivity contribution in [3.05, 3.63) is 156 Å². The summed E-state index contributed by atoms with van der Waals surface area (Å²) in [5, 5.41) is 2.91. The van der Waals surface area contributed by atoms with Gasteiger partial charge in [0.15, 0.2) is 0 Å². The molecule has 0 fully saturated rings. The number of halogens is 1. The number of rotatable bonds is 15. The van der Waals surface area contributed by atoms with Crippen LogP contribution in [0.15, 0.2) is 144 Å². The lowest BCUT2D eigenvalue weighted by molar-refractivity contribution is -0.140. The average molecular weight is 680 g/mol. The van der Waals surface area contributed by atoms with Crippen molar-refractivity contribution < 1.29 is 27.1 Å². The summed E-state index contributed by atoms with van der Waals surface area (Å²) in [5.74, 6) is -0.335. The molecule has 5 rings (SSSR count). The molecule has 0 unspecified atom stereocenters. The first kappa shape index (κ1) is 34.8. The molecule has 252 valence electrons. The van der Waals surface area contributed by atoms with Crippen LogP contribution in [0.5, 0.6) is 11.5 Å². The van der Waals surface area contributed by atoms with Crippen LogP contribution in [0.1, 0.15) is 24.5 Å². The molecule has 5 aromatic rings. The van der Waals surface area contributed by atoms with Crippen LogP contribution in [0.2, 0.25) is 0 Å². The van der Waals surface area contributed by atoms with Gasteiger partial charge >= 0.3 is 0 Å². The van der Waals surface area contributed by atoms with Crippen LogP contribution >= 0.6 is 0 Å². The second kappa shape index (κ2) is 16.6. The smallest absolute Gasteiger partial charge is 0.264 e. The molecule has 0 aliphatic rings. The summed E-state index contributed by atoms with van der Waals surface area (Å²) < 4.78 is 49.2. The molecule has 5 aromatic carbocycles. The molecular formula is C39H38FN3O5S. The Labute approximate surface area is 286 Å². The van der Waals surface area contributed by atoms with Crippen molar-refractivity contribution in [1.82, 2.24) is 10.2 Å². The quantitative estimate of drug-likeness (QED) is 0.129. The number of sulfonamides is 1. The lowest BCUT2D eigenvalue weighted by Crippen LogP contribution is -2.53. The SMILES string of the molecule is CCCNC(=O)[C@H](Cc1ccccc1)N(Cc1ccc(F)cc1)C(=O)CN(c1ccc(Oc2ccccc2)cc1)S(=O)(=O)c1ccccc1. The summed E-state index contributed by atoms with van der Waals surface area (Å²) in [7, 11) is -4.26. The molecule has 10 heteroatoms. The highest BCUT2D eigenvalue weighted by molar-refractivity contribution is 7.92. The minimum absolute atomic E-state index is 0.000906. The van der Waals surface area contributed by atoms with E-state index in [9.17, 15) is 22.4 Å². The first-order chi connectivity index (χ1) is 23.7. The third-order valence-corrected chi connectivity index (χ3v) is 9.59. The summed E-state index contributed by atoms with van der Waals surface area (Å²) in [6.45, 7) is 1.66. The molecule has 0 saturated heterocycles. The lowest BCUT2D eigenvalue weighted by Gasteiger charge is -2.34. The maximum absolute atomic E-state index is 14.5. The van der Waals surface area contributed by atoms with E-state index in [0.29, 0.717) is 30.0 Å². The van der Waals surface area contributed by atoms with Crippen LogP contribution in [-0.2, 0) is 32.6 Å². The maximum Gasteiger partial charge on any atom is 0.264 e. The van der Waals surface area contributed by atoms with Crippen LogP contribution in [0.4, 0.5) is 10.1 Å². The second-order valence-corrected chi connectivity index (χ2v) is 13.2. The molecule has 1 atom stereocenters. The molecule has 2 amide bonds. The van der Waals surface area contributed by atoms with Crippen LogP contribution in [0.3, 0.4) is 0 Å². The van der Waals surface area contributed by atoms with Gasteiger partial charge in [0, 0.05) is 19.5 Å². The number of benzene rings is 5. The molecule has 0 aromatic heterocycles. The van der Waals surface area contributed by atoms with Crippen molar-refractivity contribution in [2.24, 2.45) is 0 Å². The minimum atomic E-state index is -4.26. The minimum Gasteiger partial charge on any atom is -0.457 e. The zero-order chi connectivity index (χ0) is 34.6. The number of para-hydroxylation sites is 1. The van der Waals surface area contributed by atoms with Crippen molar-refractivity contribution in [3.8, 4) is 11.5 Å². The van der Waals surface area contributed by atoms with Crippen LogP contribution in [-0.4, -0.2) is 44.3 Å². The summed E-state index contributed by atoms with van der Waals surface area (Å²) in [5.41, 5.74) is 1.63. The van der Waals surface area contributed by atoms with E-state index in [0.717, 1.165) is 9.87 Å². The van der Waals surface area contributed by atoms with Gasteiger partial charge in [-0.1, -0.05) is 85.8 Å². The Morgan fingerprint density at radius 3 is 1.92 bits per heavy atom. The molecule has 0 bridgehead atoms. The van der Waals surface area contributed by atoms with Crippen molar-refractivity contribution in [2.45, 2.75) is 37.2 Å². The third-order valence-electron chi connectivity index (χ3n) is 7.80. The lowest BCUT2D eigenvalue weighted by atomic mass is 10.0. The predicted molar refractivity (Wildman–Crippen MR) is 188 cm³/mol. The zero-order valence-corrected chi connectivity index (χ0v) is 27.9. The van der Waals surface area contributed by atoms with Crippen LogP contribution < -0.4 is 14.4 Å². The number of nitrogens with zero attached hydrogens (tertiary/aromatic N) is 2. The first-order valence-electron chi connectivity index (χ1n) is 16.0. The Morgan fingerprint density at radius 2 is 1.31 bits per heavy atom. The molecular weight excluding hydrogens is 642 g/mol. The van der Waals surface area contributed by atoms with Crippen LogP contribution in [0.25, 0.3) is 0 Å². The van der Waals surface area contributed by atoms with E-state index in [-0.39, 0.29) is 29.5 Å². The number of carbonyl (C=O) groups excluding carboxylic acids is 2. The normalized spacial score (nSPS) is 11.7. The predicted octanol–water partition coefficient (Wildman–Crippen LogP) is 6.98. The van der Waals surface area contributed by atoms with E-state index in [1.807, 2.05) is 55.5 Å². The molecule has 0 aliphatic heterocycles. The van der Waals surface area contributed by atoms with Gasteiger partial charge < -0.3 is 15.0 Å². The fourth-order valence-electron chi connectivity index (χ4n) is 5.26. The Kier molecular flexibility index (Phi) is 11.8. The van der Waals surface area contributed by atoms with Crippen molar-refractivity contribution in [3.63, 3.8) is 0 Å². The van der Waals surface area contributed by atoms with Gasteiger partial charge in [0.25, 0.3) is 10.0 Å². The standard InChI is InChI=1S/C39H38FN3O5S/c1-2-26-41-39(45)37(27-30-12-6-3-7-13-30)42(28-31-18-20-32(40)21-19-31)38(44)29-43(49(46,47)36-16-10-5-11-17-36)33-22-24-35(25-23-33)48-34-14-8-4-9-15-34/h3-25,37H,2,26-29H2,1H3,(H,41,45)/t37-/m0/s1. The highest BCUT2D eigenvalue weighted by Crippen LogP contribution is 2.29. The molecule has 8 nitrogen and oxygen atoms in total. The van der Waals surface area contributed by atoms with Gasteiger partial charge in [-0.15, -0.1) is 0 Å². The molecule has 49 heavy (non-hydrogen) atoms. The zero-order valence-electron chi connectivity index (χ0n) is 27.1. The molecule has 0 saturated carbocycles. The molecule has 0 aliphatic carbocycles. The Hall–Kier alpha value is -5.48. The maximum atomic E-state index is 14.5. The fraction of sp³-hybridized carbons (Fsp3) is 0.179. The number of ether oxygens (including phenoxy) is 1. The highest BCUT2D eigenvalue weighted by Gasteiger charge is 2.34. The van der Waals surface area contributed by atoms with E-state index in [4.69, 9.17) is 4.74 Å². The van der Waals surface area contributed by atoms with E-state index in [2.05, 4.69) is 5.32 Å². The number of hydrogen-bond acceptors (Lipinski definition) is 5. The Morgan fingerprint density at radius 1 is 0.735 bits per heavy atom. The topological polar surface area (TPSA) is 96.0 Å². The van der Waals surface area contributed by atoms with Crippen molar-refractivity contribution in [2.75, 3.05) is 17.4 Å². The van der Waals surface area contributed by atoms with E-state index < -0.39 is 34.3 Å². The average Bonchev–Trinajstić information content (AvgIpc) is 3.13. The van der Waals surface area contributed by atoms with Gasteiger partial charge in [0.1, 0.15) is 29.9 Å². The van der Waals surface area contributed by atoms with E-state index in [1.165, 1.54) is 29.2 Å². The molecule has 0 heterocycles. The van der Waals surface area contributed by atoms with Crippen molar-refractivity contribution >= 4 is 27.5 Å². The fourth-order valence-corrected chi connectivity index (χ4v) is 6.70. The summed E-state index contributed by atoms with van der Waals surface area (Å²) in [6.07, 6.45) is 0.864. The molecule has 1 N–H and O–H groups in total. The summed E-state index contributed by atoms with van der Waals surface area (Å²) in [4.78, 5) is 29.7. The van der Waals surface area contributed by atoms with Gasteiger partial charge in [-0.25, -0.2) is 12.8 Å². The Bertz CT molecular complexity index is 1910. The van der Waals surface area contributed by atoms with E-state index in [1.54, 1.807) is 66.7 Å². The van der Waals surface area contributed by atoms with Gasteiger partial charge in [0.05, 0.1) is 10.6 Å². The monoisotopic (exact) mass is 679 g/mol. The first-order valence-corrected chi connectivity index (χ1v) is 17.4. The van der Waals surface area contributed by atoms with Gasteiger partial charge in [0.2, 0.25) is 11.8 Å². The highest BCUT2D eigenvalue weighted by atomic mass is 32.2. The van der Waals surface area contributed by atoms with E-state index >= 15 is 0 Å². The summed E-state index contributed by atoms with van der Waals surface area (Å²) in [6, 6.07) is 37.4. The second-order valence-electron chi connectivity index (χ2n) is 11.4. The van der Waals surface area contributed by atoms with Crippen LogP contribution in [0, 0.1) is 5.82 Å².